The van der Waals surface area contributed by atoms with Crippen molar-refractivity contribution in [3.05, 3.63) is 46.4 Å². The summed E-state index contributed by atoms with van der Waals surface area (Å²) < 4.78 is 68.1. The zero-order valence-electron chi connectivity index (χ0n) is 14.3. The Hall–Kier alpha value is -2.71. The second-order valence-electron chi connectivity index (χ2n) is 6.08. The summed E-state index contributed by atoms with van der Waals surface area (Å²) in [6.45, 7) is 5.44. The molecule has 3 aromatic rings. The Morgan fingerprint density at radius 2 is 1.50 bits per heavy atom. The van der Waals surface area contributed by atoms with Gasteiger partial charge in [-0.2, -0.15) is 22.0 Å². The fourth-order valence-electron chi connectivity index (χ4n) is 2.90. The van der Waals surface area contributed by atoms with Crippen LogP contribution in [0, 0.1) is 32.7 Å². The number of hydrogen-bond donors (Lipinski definition) is 0. The number of halogens is 5. The quantitative estimate of drug-likeness (QED) is 0.485. The molecule has 0 spiro atoms. The molecule has 9 heteroatoms. The second-order valence-corrected chi connectivity index (χ2v) is 6.08. The van der Waals surface area contributed by atoms with E-state index in [1.807, 2.05) is 19.9 Å². The highest BCUT2D eigenvalue weighted by atomic mass is 19.4. The van der Waals surface area contributed by atoms with E-state index in [4.69, 9.17) is 0 Å². The smallest absolute Gasteiger partial charge is 0.211 e. The van der Waals surface area contributed by atoms with Crippen LogP contribution in [0.15, 0.2) is 12.1 Å². The minimum absolute atomic E-state index is 0.128. The molecule has 0 fully saturated rings. The van der Waals surface area contributed by atoms with Crippen molar-refractivity contribution in [1.29, 1.82) is 0 Å². The van der Waals surface area contributed by atoms with E-state index in [9.17, 15) is 22.0 Å². The zero-order valence-corrected chi connectivity index (χ0v) is 14.3. The second kappa shape index (κ2) is 5.93. The molecular formula is C17H14F5N4+. The molecule has 2 aromatic heterocycles. The van der Waals surface area contributed by atoms with Gasteiger partial charge in [-0.25, -0.2) is 9.97 Å². The van der Waals surface area contributed by atoms with Gasteiger partial charge in [-0.3, -0.25) is 0 Å². The number of rotatable bonds is 1. The molecule has 0 atom stereocenters. The first-order valence-corrected chi connectivity index (χ1v) is 7.59. The lowest BCUT2D eigenvalue weighted by molar-refractivity contribution is -0.720. The van der Waals surface area contributed by atoms with E-state index in [1.165, 1.54) is 7.05 Å². The van der Waals surface area contributed by atoms with Crippen molar-refractivity contribution in [2.24, 2.45) is 7.05 Å². The van der Waals surface area contributed by atoms with Gasteiger partial charge in [0.25, 0.3) is 17.6 Å². The van der Waals surface area contributed by atoms with Crippen molar-refractivity contribution in [2.45, 2.75) is 26.9 Å². The molecule has 0 radical (unpaired) electrons. The van der Waals surface area contributed by atoms with E-state index in [2.05, 4.69) is 15.1 Å². The molecule has 0 amide bonds. The maximum atomic E-state index is 13.7. The largest absolute Gasteiger partial charge is 0.441 e. The van der Waals surface area contributed by atoms with Crippen LogP contribution in [-0.4, -0.2) is 15.1 Å². The van der Waals surface area contributed by atoms with Crippen LogP contribution < -0.4 is 4.68 Å². The molecule has 0 aliphatic heterocycles. The van der Waals surface area contributed by atoms with Gasteiger partial charge in [0, 0.05) is 5.10 Å². The van der Waals surface area contributed by atoms with Gasteiger partial charge < -0.3 is 0 Å². The third-order valence-electron chi connectivity index (χ3n) is 4.17. The number of alkyl halides is 3. The molecule has 0 unspecified atom stereocenters. The Kier molecular flexibility index (Phi) is 4.12. The number of fused-ring (bicyclic) bond motifs is 1. The van der Waals surface area contributed by atoms with E-state index in [0.29, 0.717) is 5.56 Å². The lowest BCUT2D eigenvalue weighted by Crippen LogP contribution is -2.39. The molecule has 0 aliphatic carbocycles. The first-order valence-electron chi connectivity index (χ1n) is 7.59. The summed E-state index contributed by atoms with van der Waals surface area (Å²) in [5, 5.41) is 3.52. The SMILES string of the molecule is Cc1cc(C)c(C)c(-c2c3nc(F)c(F)nc3c(C(F)(F)F)n[n+]2C)c1. The molecule has 0 saturated heterocycles. The summed E-state index contributed by atoms with van der Waals surface area (Å²) in [5.41, 5.74) is 0.508. The van der Waals surface area contributed by atoms with Gasteiger partial charge in [-0.05, 0) is 38.0 Å². The van der Waals surface area contributed by atoms with Gasteiger partial charge in [-0.15, -0.1) is 0 Å². The van der Waals surface area contributed by atoms with Gasteiger partial charge in [0.2, 0.25) is 5.69 Å². The number of aryl methyl sites for hydroxylation is 3. The predicted molar refractivity (Wildman–Crippen MR) is 83.1 cm³/mol. The summed E-state index contributed by atoms with van der Waals surface area (Å²) in [5.74, 6) is -3.28. The fraction of sp³-hybridized carbons (Fsp3) is 0.294. The number of hydrogen-bond acceptors (Lipinski definition) is 3. The number of aromatic nitrogens is 4. The van der Waals surface area contributed by atoms with Crippen LogP contribution in [-0.2, 0) is 13.2 Å². The molecule has 3 rings (SSSR count). The highest BCUT2D eigenvalue weighted by molar-refractivity contribution is 5.89. The lowest BCUT2D eigenvalue weighted by atomic mass is 9.97. The van der Waals surface area contributed by atoms with Gasteiger partial charge >= 0.3 is 6.18 Å². The van der Waals surface area contributed by atoms with Gasteiger partial charge in [0.1, 0.15) is 5.52 Å². The van der Waals surface area contributed by atoms with Gasteiger partial charge in [-0.1, -0.05) is 16.3 Å². The summed E-state index contributed by atoms with van der Waals surface area (Å²) in [7, 11) is 1.30. The monoisotopic (exact) mass is 369 g/mol. The molecule has 0 aliphatic rings. The average molecular weight is 369 g/mol. The Morgan fingerprint density at radius 3 is 2.08 bits per heavy atom. The van der Waals surface area contributed by atoms with Crippen LogP contribution in [0.1, 0.15) is 22.4 Å². The Morgan fingerprint density at radius 1 is 0.923 bits per heavy atom. The molecule has 2 heterocycles. The molecule has 4 nitrogen and oxygen atoms in total. The fourth-order valence-corrected chi connectivity index (χ4v) is 2.90. The summed E-state index contributed by atoms with van der Waals surface area (Å²) in [4.78, 5) is 6.57. The van der Waals surface area contributed by atoms with Gasteiger partial charge in [0.05, 0.1) is 5.56 Å². The van der Waals surface area contributed by atoms with Crippen molar-refractivity contribution in [3.63, 3.8) is 0 Å². The molecule has 26 heavy (non-hydrogen) atoms. The number of nitrogens with zero attached hydrogens (tertiary/aromatic N) is 4. The van der Waals surface area contributed by atoms with E-state index < -0.39 is 34.8 Å². The highest BCUT2D eigenvalue weighted by Crippen LogP contribution is 2.35. The van der Waals surface area contributed by atoms with Crippen molar-refractivity contribution in [2.75, 3.05) is 0 Å². The first-order chi connectivity index (χ1) is 12.0. The topological polar surface area (TPSA) is 42.6 Å². The standard InChI is InChI=1S/C17H14F5N4/c1-7-5-8(2)9(3)10(6-7)13-11-12(24-16(19)15(18)23-11)14(17(20,21)22)25-26(13)4/h5-6H,1-4H3/q+1. The van der Waals surface area contributed by atoms with Crippen LogP contribution in [0.2, 0.25) is 0 Å². The van der Waals surface area contributed by atoms with E-state index in [1.54, 1.807) is 13.0 Å². The summed E-state index contributed by atoms with van der Waals surface area (Å²) in [6.07, 6.45) is -4.90. The summed E-state index contributed by atoms with van der Waals surface area (Å²) >= 11 is 0. The lowest BCUT2D eigenvalue weighted by Gasteiger charge is -2.12. The van der Waals surface area contributed by atoms with Crippen LogP contribution in [0.5, 0.6) is 0 Å². The van der Waals surface area contributed by atoms with Crippen LogP contribution in [0.4, 0.5) is 22.0 Å². The van der Waals surface area contributed by atoms with Crippen LogP contribution in [0.3, 0.4) is 0 Å². The Balaban J connectivity index is 2.53. The Labute approximate surface area is 145 Å². The average Bonchev–Trinajstić information content (AvgIpc) is 2.51. The van der Waals surface area contributed by atoms with E-state index in [0.717, 1.165) is 21.4 Å². The summed E-state index contributed by atoms with van der Waals surface area (Å²) in [6, 6.07) is 3.64. The molecular weight excluding hydrogens is 355 g/mol. The first kappa shape index (κ1) is 18.1. The number of benzene rings is 1. The zero-order chi connectivity index (χ0) is 19.4. The van der Waals surface area contributed by atoms with Crippen molar-refractivity contribution >= 4 is 11.0 Å². The molecule has 1 aromatic carbocycles. The van der Waals surface area contributed by atoms with Crippen LogP contribution >= 0.6 is 0 Å². The molecule has 136 valence electrons. The minimum Gasteiger partial charge on any atom is -0.211 e. The molecule has 0 saturated carbocycles. The third-order valence-corrected chi connectivity index (χ3v) is 4.17. The molecule has 0 N–H and O–H groups in total. The van der Waals surface area contributed by atoms with E-state index >= 15 is 0 Å². The van der Waals surface area contributed by atoms with Crippen LogP contribution in [0.25, 0.3) is 22.3 Å². The minimum atomic E-state index is -4.90. The predicted octanol–water partition coefficient (Wildman–Crippen LogP) is 3.74. The highest BCUT2D eigenvalue weighted by Gasteiger charge is 2.41. The van der Waals surface area contributed by atoms with Gasteiger partial charge in [0.15, 0.2) is 12.6 Å². The molecule has 0 bridgehead atoms. The maximum Gasteiger partial charge on any atom is 0.441 e. The van der Waals surface area contributed by atoms with Crippen molar-refractivity contribution in [1.82, 2.24) is 15.1 Å². The van der Waals surface area contributed by atoms with Crippen molar-refractivity contribution in [3.8, 4) is 11.3 Å². The third kappa shape index (κ3) is 2.87. The van der Waals surface area contributed by atoms with E-state index in [-0.39, 0.29) is 5.69 Å². The Bertz CT molecular complexity index is 1040. The van der Waals surface area contributed by atoms with Crippen molar-refractivity contribution < 1.29 is 26.6 Å². The normalized spacial score (nSPS) is 12.0. The maximum absolute atomic E-state index is 13.7.